The van der Waals surface area contributed by atoms with Gasteiger partial charge in [-0.1, -0.05) is 43.3 Å². The second-order valence-corrected chi connectivity index (χ2v) is 8.50. The zero-order chi connectivity index (χ0) is 21.7. The average Bonchev–Trinajstić information content (AvgIpc) is 2.88. The van der Waals surface area contributed by atoms with Gasteiger partial charge in [0, 0.05) is 0 Å². The second kappa shape index (κ2) is 7.15. The minimum absolute atomic E-state index is 0.207. The molecule has 0 spiro atoms. The molecule has 1 unspecified atom stereocenters. The highest BCUT2D eigenvalue weighted by Crippen LogP contribution is 2.38. The van der Waals surface area contributed by atoms with Crippen molar-refractivity contribution in [2.24, 2.45) is 0 Å². The summed E-state index contributed by atoms with van der Waals surface area (Å²) in [6, 6.07) is 11.8. The Labute approximate surface area is 170 Å². The predicted octanol–water partition coefficient (Wildman–Crippen LogP) is 4.65. The first-order chi connectivity index (χ1) is 13.3. The lowest BCUT2D eigenvalue weighted by Crippen LogP contribution is -2.41. The van der Waals surface area contributed by atoms with Gasteiger partial charge >= 0.3 is 13.3 Å². The van der Waals surface area contributed by atoms with Gasteiger partial charge in [-0.2, -0.15) is 13.2 Å². The summed E-state index contributed by atoms with van der Waals surface area (Å²) in [6.45, 7) is 9.59. The van der Waals surface area contributed by atoms with E-state index in [-0.39, 0.29) is 12.0 Å². The summed E-state index contributed by atoms with van der Waals surface area (Å²) in [5.74, 6) is 0. The summed E-state index contributed by atoms with van der Waals surface area (Å²) >= 11 is 0. The third-order valence-electron chi connectivity index (χ3n) is 6.09. The molecule has 1 aliphatic rings. The lowest BCUT2D eigenvalue weighted by Gasteiger charge is -2.32. The second-order valence-electron chi connectivity index (χ2n) is 8.50. The van der Waals surface area contributed by atoms with Crippen molar-refractivity contribution in [1.82, 2.24) is 0 Å². The number of halogens is 3. The van der Waals surface area contributed by atoms with Gasteiger partial charge < -0.3 is 14.4 Å². The summed E-state index contributed by atoms with van der Waals surface area (Å²) in [5, 5.41) is 11.2. The normalized spacial score (nSPS) is 20.5. The number of rotatable bonds is 4. The number of benzene rings is 2. The molecule has 0 bridgehead atoms. The van der Waals surface area contributed by atoms with Gasteiger partial charge in [0.05, 0.1) is 16.8 Å². The Morgan fingerprint density at radius 2 is 1.38 bits per heavy atom. The van der Waals surface area contributed by atoms with Crippen molar-refractivity contribution in [1.29, 1.82) is 0 Å². The van der Waals surface area contributed by atoms with E-state index in [1.165, 1.54) is 12.1 Å². The van der Waals surface area contributed by atoms with E-state index in [0.29, 0.717) is 5.56 Å². The maximum Gasteiger partial charge on any atom is 0.494 e. The van der Waals surface area contributed by atoms with Crippen molar-refractivity contribution in [3.8, 4) is 0 Å². The molecule has 29 heavy (non-hydrogen) atoms. The van der Waals surface area contributed by atoms with Crippen molar-refractivity contribution in [2.45, 2.75) is 64.0 Å². The Kier molecular flexibility index (Phi) is 5.39. The van der Waals surface area contributed by atoms with Crippen LogP contribution >= 0.6 is 0 Å². The van der Waals surface area contributed by atoms with Crippen molar-refractivity contribution in [3.63, 3.8) is 0 Å². The molecule has 2 aromatic carbocycles. The fourth-order valence-corrected chi connectivity index (χ4v) is 3.42. The summed E-state index contributed by atoms with van der Waals surface area (Å²) in [7, 11) is -0.544. The van der Waals surface area contributed by atoms with E-state index in [4.69, 9.17) is 9.31 Å². The fraction of sp³-hybridized carbons (Fsp3) is 0.455. The average molecular weight is 406 g/mol. The minimum atomic E-state index is -4.47. The first-order valence-corrected chi connectivity index (χ1v) is 9.66. The zero-order valence-electron chi connectivity index (χ0n) is 17.3. The van der Waals surface area contributed by atoms with Crippen LogP contribution in [0.25, 0.3) is 0 Å². The minimum Gasteiger partial charge on any atom is -0.399 e. The number of hydrogen-bond acceptors (Lipinski definition) is 3. The molecule has 0 aliphatic carbocycles. The van der Waals surface area contributed by atoms with Crippen LogP contribution in [0.4, 0.5) is 13.2 Å². The maximum absolute atomic E-state index is 13.1. The van der Waals surface area contributed by atoms with Gasteiger partial charge in [0.1, 0.15) is 5.60 Å². The monoisotopic (exact) mass is 406 g/mol. The Morgan fingerprint density at radius 3 is 1.86 bits per heavy atom. The first kappa shape index (κ1) is 21.9. The molecule has 0 amide bonds. The molecule has 3 nitrogen and oxygen atoms in total. The van der Waals surface area contributed by atoms with E-state index in [2.05, 4.69) is 0 Å². The van der Waals surface area contributed by atoms with E-state index in [9.17, 15) is 18.3 Å². The smallest absolute Gasteiger partial charge is 0.399 e. The van der Waals surface area contributed by atoms with Crippen molar-refractivity contribution in [3.05, 3.63) is 65.2 Å². The quantitative estimate of drug-likeness (QED) is 0.752. The molecule has 1 heterocycles. The van der Waals surface area contributed by atoms with Crippen LogP contribution in [0.1, 0.15) is 57.7 Å². The van der Waals surface area contributed by atoms with Crippen molar-refractivity contribution < 1.29 is 27.6 Å². The summed E-state index contributed by atoms with van der Waals surface area (Å²) in [6.07, 6.45) is -4.24. The van der Waals surface area contributed by atoms with Crippen molar-refractivity contribution >= 4 is 12.6 Å². The van der Waals surface area contributed by atoms with E-state index >= 15 is 0 Å². The lowest BCUT2D eigenvalue weighted by atomic mass is 9.76. The fourth-order valence-electron chi connectivity index (χ4n) is 3.42. The SMILES string of the molecule is CCC(O)(c1ccc(B2OC(C)(C)C(C)(C)O2)cc1)c1cccc(C(F)(F)F)c1. The van der Waals surface area contributed by atoms with Gasteiger partial charge in [0.2, 0.25) is 0 Å². The molecule has 1 fully saturated rings. The number of aliphatic hydroxyl groups is 1. The molecular weight excluding hydrogens is 380 g/mol. The van der Waals surface area contributed by atoms with Crippen LogP contribution in [0.3, 0.4) is 0 Å². The molecule has 156 valence electrons. The van der Waals surface area contributed by atoms with Crippen LogP contribution in [0.15, 0.2) is 48.5 Å². The lowest BCUT2D eigenvalue weighted by molar-refractivity contribution is -0.137. The first-order valence-electron chi connectivity index (χ1n) is 9.66. The number of alkyl halides is 3. The Morgan fingerprint density at radius 1 is 0.862 bits per heavy atom. The molecule has 1 N–H and O–H groups in total. The van der Waals surface area contributed by atoms with Crippen LogP contribution in [-0.4, -0.2) is 23.4 Å². The van der Waals surface area contributed by atoms with Crippen LogP contribution in [0.5, 0.6) is 0 Å². The molecule has 1 aliphatic heterocycles. The van der Waals surface area contributed by atoms with Gasteiger partial charge in [0.15, 0.2) is 0 Å². The van der Waals surface area contributed by atoms with E-state index in [1.807, 2.05) is 27.7 Å². The Hall–Kier alpha value is -1.83. The molecule has 2 aromatic rings. The van der Waals surface area contributed by atoms with Crippen LogP contribution in [-0.2, 0) is 21.1 Å². The molecule has 0 saturated carbocycles. The highest BCUT2D eigenvalue weighted by atomic mass is 19.4. The van der Waals surface area contributed by atoms with Crippen LogP contribution in [0, 0.1) is 0 Å². The summed E-state index contributed by atoms with van der Waals surface area (Å²) < 4.78 is 51.4. The van der Waals surface area contributed by atoms with Crippen molar-refractivity contribution in [2.75, 3.05) is 0 Å². The van der Waals surface area contributed by atoms with Crippen LogP contribution < -0.4 is 5.46 Å². The van der Waals surface area contributed by atoms with Gasteiger partial charge in [-0.3, -0.25) is 0 Å². The number of hydrogen-bond donors (Lipinski definition) is 1. The van der Waals surface area contributed by atoms with Gasteiger partial charge in [-0.25, -0.2) is 0 Å². The van der Waals surface area contributed by atoms with Gasteiger partial charge in [-0.15, -0.1) is 0 Å². The predicted molar refractivity (Wildman–Crippen MR) is 107 cm³/mol. The van der Waals surface area contributed by atoms with E-state index in [0.717, 1.165) is 17.6 Å². The summed E-state index contributed by atoms with van der Waals surface area (Å²) in [5.41, 5.74) is -1.75. The molecule has 7 heteroatoms. The third kappa shape index (κ3) is 3.96. The van der Waals surface area contributed by atoms with Crippen LogP contribution in [0.2, 0.25) is 0 Å². The van der Waals surface area contributed by atoms with E-state index < -0.39 is 35.7 Å². The standard InChI is InChI=1S/C22H26BF3O3/c1-6-21(27,16-8-7-9-17(14-16)22(24,25)26)15-10-12-18(13-11-15)23-28-19(2,3)20(4,5)29-23/h7-14,27H,6H2,1-5H3. The Bertz CT molecular complexity index is 862. The zero-order valence-corrected chi connectivity index (χ0v) is 17.3. The highest BCUT2D eigenvalue weighted by molar-refractivity contribution is 6.62. The topological polar surface area (TPSA) is 38.7 Å². The van der Waals surface area contributed by atoms with Gasteiger partial charge in [0.25, 0.3) is 0 Å². The molecule has 0 aromatic heterocycles. The Balaban J connectivity index is 1.92. The third-order valence-corrected chi connectivity index (χ3v) is 6.09. The van der Waals surface area contributed by atoms with E-state index in [1.54, 1.807) is 31.2 Å². The molecule has 1 saturated heterocycles. The molecule has 0 radical (unpaired) electrons. The summed E-state index contributed by atoms with van der Waals surface area (Å²) in [4.78, 5) is 0. The molecule has 3 rings (SSSR count). The largest absolute Gasteiger partial charge is 0.494 e. The maximum atomic E-state index is 13.1. The molecular formula is C22H26BF3O3. The highest BCUT2D eigenvalue weighted by Gasteiger charge is 2.51. The molecule has 1 atom stereocenters. The van der Waals surface area contributed by atoms with Gasteiger partial charge in [-0.05, 0) is 62.8 Å².